The molecule has 0 aliphatic heterocycles. The summed E-state index contributed by atoms with van der Waals surface area (Å²) >= 11 is 0. The number of carbonyl (C=O) groups excluding carboxylic acids is 3. The van der Waals surface area contributed by atoms with Crippen molar-refractivity contribution in [2.45, 2.75) is 52.7 Å². The number of hydrogen-bond acceptors (Lipinski definition) is 8. The van der Waals surface area contributed by atoms with Crippen LogP contribution in [0, 0.1) is 5.92 Å². The van der Waals surface area contributed by atoms with E-state index in [2.05, 4.69) is 4.98 Å². The number of Topliss-reactive ketones (excluding diaryl/α,β-unsaturated/α-hetero) is 1. The highest BCUT2D eigenvalue weighted by molar-refractivity contribution is 5.99. The molecule has 172 valence electrons. The van der Waals surface area contributed by atoms with Crippen molar-refractivity contribution in [1.29, 1.82) is 0 Å². The Balaban J connectivity index is 2.05. The van der Waals surface area contributed by atoms with Gasteiger partial charge in [0.05, 0.1) is 13.0 Å². The van der Waals surface area contributed by atoms with Gasteiger partial charge in [-0.3, -0.25) is 14.4 Å². The summed E-state index contributed by atoms with van der Waals surface area (Å²) in [4.78, 5) is 40.9. The molecule has 1 aromatic heterocycles. The molecular weight excluding hydrogens is 414 g/mol. The first-order valence-corrected chi connectivity index (χ1v) is 10.4. The number of benzene rings is 1. The van der Waals surface area contributed by atoms with Crippen LogP contribution in [-0.2, 0) is 14.3 Å². The summed E-state index contributed by atoms with van der Waals surface area (Å²) < 4.78 is 21.8. The molecule has 0 aliphatic rings. The molecule has 8 heteroatoms. The van der Waals surface area contributed by atoms with Crippen LogP contribution in [-0.4, -0.2) is 42.0 Å². The van der Waals surface area contributed by atoms with Crippen LogP contribution in [0.2, 0.25) is 0 Å². The second-order valence-electron chi connectivity index (χ2n) is 7.33. The van der Waals surface area contributed by atoms with E-state index in [0.717, 1.165) is 0 Å². The monoisotopic (exact) mass is 443 g/mol. The lowest BCUT2D eigenvalue weighted by molar-refractivity contribution is -0.158. The van der Waals surface area contributed by atoms with Gasteiger partial charge in [0.25, 0.3) is 0 Å². The number of hydrogen-bond donors (Lipinski definition) is 0. The highest BCUT2D eigenvalue weighted by Gasteiger charge is 2.28. The molecule has 0 spiro atoms. The minimum absolute atomic E-state index is 0.0654. The van der Waals surface area contributed by atoms with Gasteiger partial charge in [0.1, 0.15) is 18.0 Å². The predicted octanol–water partition coefficient (Wildman–Crippen LogP) is 4.01. The maximum Gasteiger partial charge on any atom is 0.309 e. The predicted molar refractivity (Wildman–Crippen MR) is 117 cm³/mol. The van der Waals surface area contributed by atoms with Crippen LogP contribution in [0.5, 0.6) is 17.2 Å². The Morgan fingerprint density at radius 2 is 1.75 bits per heavy atom. The molecule has 2 rings (SSSR count). The maximum atomic E-state index is 12.8. The van der Waals surface area contributed by atoms with Gasteiger partial charge in [-0.15, -0.1) is 0 Å². The lowest BCUT2D eigenvalue weighted by Crippen LogP contribution is -2.35. The number of rotatable bonds is 11. The van der Waals surface area contributed by atoms with Gasteiger partial charge in [-0.2, -0.15) is 0 Å². The average Bonchev–Trinajstić information content (AvgIpc) is 2.77. The van der Waals surface area contributed by atoms with E-state index < -0.39 is 29.7 Å². The third-order valence-corrected chi connectivity index (χ3v) is 4.75. The smallest absolute Gasteiger partial charge is 0.309 e. The fourth-order valence-electron chi connectivity index (χ4n) is 3.06. The topological polar surface area (TPSA) is 101 Å². The molecule has 8 nitrogen and oxygen atoms in total. The lowest BCUT2D eigenvalue weighted by Gasteiger charge is -2.25. The summed E-state index contributed by atoms with van der Waals surface area (Å²) in [6, 6.07) is 10.7. The molecule has 0 bridgehead atoms. The van der Waals surface area contributed by atoms with E-state index >= 15 is 0 Å². The largest absolute Gasteiger partial charge is 0.493 e. The molecule has 0 radical (unpaired) electrons. The van der Waals surface area contributed by atoms with E-state index in [9.17, 15) is 14.4 Å². The second-order valence-corrected chi connectivity index (χ2v) is 7.33. The Labute approximate surface area is 187 Å². The summed E-state index contributed by atoms with van der Waals surface area (Å²) in [6.45, 7) is 6.53. The van der Waals surface area contributed by atoms with Crippen LogP contribution in [0.3, 0.4) is 0 Å². The van der Waals surface area contributed by atoms with Gasteiger partial charge in [-0.1, -0.05) is 32.0 Å². The average molecular weight is 443 g/mol. The molecule has 0 aliphatic carbocycles. The molecule has 32 heavy (non-hydrogen) atoms. The SMILES string of the molecule is CC[C@H](OC(=O)[C@H](C)CC(=O)c1nccc(OC)c1OC(C)=O)[C@@H](C)Oc1ccccc1. The van der Waals surface area contributed by atoms with Crippen LogP contribution in [0.4, 0.5) is 0 Å². The highest BCUT2D eigenvalue weighted by atomic mass is 16.6. The number of ether oxygens (including phenoxy) is 4. The Kier molecular flexibility index (Phi) is 9.19. The van der Waals surface area contributed by atoms with E-state index in [1.165, 1.54) is 26.3 Å². The lowest BCUT2D eigenvalue weighted by atomic mass is 10.0. The number of ketones is 1. The van der Waals surface area contributed by atoms with Gasteiger partial charge in [-0.25, -0.2) is 4.98 Å². The molecule has 1 heterocycles. The molecule has 0 fully saturated rings. The fraction of sp³-hybridized carbons (Fsp3) is 0.417. The van der Waals surface area contributed by atoms with Crippen molar-refractivity contribution < 1.29 is 33.3 Å². The van der Waals surface area contributed by atoms with E-state index in [1.54, 1.807) is 6.92 Å². The van der Waals surface area contributed by atoms with E-state index in [0.29, 0.717) is 12.2 Å². The zero-order chi connectivity index (χ0) is 23.7. The number of nitrogens with zero attached hydrogens (tertiary/aromatic N) is 1. The van der Waals surface area contributed by atoms with Crippen LogP contribution in [0.1, 0.15) is 51.0 Å². The van der Waals surface area contributed by atoms with Crippen LogP contribution in [0.25, 0.3) is 0 Å². The van der Waals surface area contributed by atoms with E-state index in [4.69, 9.17) is 18.9 Å². The van der Waals surface area contributed by atoms with Crippen molar-refractivity contribution in [3.63, 3.8) is 0 Å². The van der Waals surface area contributed by atoms with Gasteiger partial charge < -0.3 is 18.9 Å². The van der Waals surface area contributed by atoms with Gasteiger partial charge in [0.15, 0.2) is 17.2 Å². The quantitative estimate of drug-likeness (QED) is 0.379. The minimum Gasteiger partial charge on any atom is -0.493 e. The van der Waals surface area contributed by atoms with E-state index in [1.807, 2.05) is 44.2 Å². The first-order chi connectivity index (χ1) is 15.3. The number of pyridine rings is 1. The molecule has 0 N–H and O–H groups in total. The Bertz CT molecular complexity index is 929. The Hall–Kier alpha value is -3.42. The normalized spacial score (nSPS) is 13.4. The molecule has 2 aromatic rings. The molecule has 1 aromatic carbocycles. The molecule has 0 saturated heterocycles. The minimum atomic E-state index is -0.737. The number of esters is 2. The summed E-state index contributed by atoms with van der Waals surface area (Å²) in [5.41, 5.74) is -0.0768. The number of aromatic nitrogens is 1. The molecule has 0 amide bonds. The molecule has 3 atom stereocenters. The summed E-state index contributed by atoms with van der Waals surface area (Å²) in [7, 11) is 1.39. The van der Waals surface area contributed by atoms with Crippen molar-refractivity contribution >= 4 is 17.7 Å². The third-order valence-electron chi connectivity index (χ3n) is 4.75. The summed E-state index contributed by atoms with van der Waals surface area (Å²) in [5, 5.41) is 0. The van der Waals surface area contributed by atoms with E-state index in [-0.39, 0.29) is 29.7 Å². The van der Waals surface area contributed by atoms with Crippen molar-refractivity contribution in [3.8, 4) is 17.2 Å². The summed E-state index contributed by atoms with van der Waals surface area (Å²) in [6.07, 6.45) is 0.904. The molecular formula is C24H29NO7. The van der Waals surface area contributed by atoms with Gasteiger partial charge >= 0.3 is 11.9 Å². The van der Waals surface area contributed by atoms with Crippen LogP contribution >= 0.6 is 0 Å². The van der Waals surface area contributed by atoms with Crippen molar-refractivity contribution in [3.05, 3.63) is 48.3 Å². The maximum absolute atomic E-state index is 12.8. The molecule has 0 saturated carbocycles. The standard InChI is InChI=1S/C24H29NO7/c1-6-20(16(3)30-18-10-8-7-9-11-18)32-24(28)15(2)14-19(27)22-23(31-17(4)26)21(29-5)12-13-25-22/h7-13,15-16,20H,6,14H2,1-5H3/t15-,16-,20+/m1/s1. The Morgan fingerprint density at radius 3 is 2.34 bits per heavy atom. The van der Waals surface area contributed by atoms with Gasteiger partial charge in [0.2, 0.25) is 5.75 Å². The zero-order valence-electron chi connectivity index (χ0n) is 19.0. The van der Waals surface area contributed by atoms with Crippen LogP contribution in [0.15, 0.2) is 42.6 Å². The number of para-hydroxylation sites is 1. The second kappa shape index (κ2) is 11.8. The van der Waals surface area contributed by atoms with Gasteiger partial charge in [-0.05, 0) is 25.5 Å². The first-order valence-electron chi connectivity index (χ1n) is 10.4. The third kappa shape index (κ3) is 6.80. The van der Waals surface area contributed by atoms with Crippen LogP contribution < -0.4 is 14.2 Å². The van der Waals surface area contributed by atoms with Crippen molar-refractivity contribution in [2.75, 3.05) is 7.11 Å². The summed E-state index contributed by atoms with van der Waals surface area (Å²) in [5.74, 6) is -1.53. The number of methoxy groups -OCH3 is 1. The van der Waals surface area contributed by atoms with Gasteiger partial charge in [0, 0.05) is 25.6 Å². The Morgan fingerprint density at radius 1 is 1.06 bits per heavy atom. The zero-order valence-corrected chi connectivity index (χ0v) is 19.0. The highest BCUT2D eigenvalue weighted by Crippen LogP contribution is 2.31. The molecule has 0 unspecified atom stereocenters. The fourth-order valence-corrected chi connectivity index (χ4v) is 3.06. The van der Waals surface area contributed by atoms with Crippen molar-refractivity contribution in [2.24, 2.45) is 5.92 Å². The van der Waals surface area contributed by atoms with Crippen molar-refractivity contribution in [1.82, 2.24) is 4.98 Å². The number of carbonyl (C=O) groups is 3. The first kappa shape index (κ1) is 24.8.